The number of benzene rings is 3. The van der Waals surface area contributed by atoms with Crippen molar-refractivity contribution in [3.05, 3.63) is 95.7 Å². The van der Waals surface area contributed by atoms with Crippen LogP contribution in [0.15, 0.2) is 83.4 Å². The Bertz CT molecular complexity index is 1250. The van der Waals surface area contributed by atoms with Crippen molar-refractivity contribution in [2.75, 3.05) is 17.2 Å². The standard InChI is InChI=1S/C26H23N3O4/c1-3-32-22-15-13-21(14-16-22)27-25(30)19-9-11-20(12-10-19)28-26(31)23-17(2)33-29-24(23)18-7-5-4-6-8-18/h4-16H,3H2,1-2H3,(H,27,30)(H,28,31). The maximum atomic E-state index is 12.9. The van der Waals surface area contributed by atoms with Gasteiger partial charge in [0.15, 0.2) is 0 Å². The highest BCUT2D eigenvalue weighted by Crippen LogP contribution is 2.26. The molecule has 3 aromatic carbocycles. The highest BCUT2D eigenvalue weighted by Gasteiger charge is 2.21. The van der Waals surface area contributed by atoms with Crippen molar-refractivity contribution in [3.63, 3.8) is 0 Å². The zero-order valence-electron chi connectivity index (χ0n) is 18.3. The molecule has 0 unspecified atom stereocenters. The topological polar surface area (TPSA) is 93.5 Å². The normalized spacial score (nSPS) is 10.5. The lowest BCUT2D eigenvalue weighted by molar-refractivity contribution is 0.101. The van der Waals surface area contributed by atoms with Crippen LogP contribution < -0.4 is 15.4 Å². The van der Waals surface area contributed by atoms with Crippen molar-refractivity contribution in [1.29, 1.82) is 0 Å². The number of carbonyl (C=O) groups excluding carboxylic acids is 2. The van der Waals surface area contributed by atoms with Gasteiger partial charge in [-0.05, 0) is 62.4 Å². The third kappa shape index (κ3) is 5.10. The fourth-order valence-electron chi connectivity index (χ4n) is 3.34. The monoisotopic (exact) mass is 441 g/mol. The molecule has 2 amide bonds. The van der Waals surface area contributed by atoms with Crippen LogP contribution >= 0.6 is 0 Å². The minimum Gasteiger partial charge on any atom is -0.494 e. The maximum Gasteiger partial charge on any atom is 0.261 e. The molecule has 1 aromatic heterocycles. The average Bonchev–Trinajstić information content (AvgIpc) is 3.23. The molecule has 0 saturated carbocycles. The van der Waals surface area contributed by atoms with E-state index in [2.05, 4.69) is 15.8 Å². The highest BCUT2D eigenvalue weighted by atomic mass is 16.5. The molecule has 0 bridgehead atoms. The van der Waals surface area contributed by atoms with Gasteiger partial charge in [0.05, 0.1) is 6.61 Å². The van der Waals surface area contributed by atoms with E-state index in [4.69, 9.17) is 9.26 Å². The Morgan fingerprint density at radius 2 is 1.45 bits per heavy atom. The molecule has 33 heavy (non-hydrogen) atoms. The molecular formula is C26H23N3O4. The minimum atomic E-state index is -0.334. The van der Waals surface area contributed by atoms with E-state index in [0.29, 0.717) is 40.6 Å². The van der Waals surface area contributed by atoms with Crippen molar-refractivity contribution < 1.29 is 18.8 Å². The van der Waals surface area contributed by atoms with Gasteiger partial charge in [-0.3, -0.25) is 9.59 Å². The van der Waals surface area contributed by atoms with E-state index < -0.39 is 0 Å². The summed E-state index contributed by atoms with van der Waals surface area (Å²) in [4.78, 5) is 25.5. The van der Waals surface area contributed by atoms with Crippen molar-refractivity contribution in [3.8, 4) is 17.0 Å². The molecule has 0 aliphatic rings. The second-order valence-corrected chi connectivity index (χ2v) is 7.27. The Morgan fingerprint density at radius 3 is 2.09 bits per heavy atom. The van der Waals surface area contributed by atoms with Gasteiger partial charge in [0.25, 0.3) is 11.8 Å². The van der Waals surface area contributed by atoms with Crippen LogP contribution in [0, 0.1) is 6.92 Å². The maximum absolute atomic E-state index is 12.9. The van der Waals surface area contributed by atoms with Crippen LogP contribution in [-0.4, -0.2) is 23.6 Å². The predicted molar refractivity (Wildman–Crippen MR) is 127 cm³/mol. The summed E-state index contributed by atoms with van der Waals surface area (Å²) in [5.41, 5.74) is 3.33. The minimum absolute atomic E-state index is 0.252. The van der Waals surface area contributed by atoms with Crippen molar-refractivity contribution in [2.24, 2.45) is 0 Å². The third-order valence-corrected chi connectivity index (χ3v) is 4.97. The van der Waals surface area contributed by atoms with E-state index in [0.717, 1.165) is 11.3 Å². The summed E-state index contributed by atoms with van der Waals surface area (Å²) in [7, 11) is 0. The van der Waals surface area contributed by atoms with Crippen LogP contribution in [0.5, 0.6) is 5.75 Å². The van der Waals surface area contributed by atoms with E-state index in [1.165, 1.54) is 0 Å². The number of aryl methyl sites for hydroxylation is 1. The first kappa shape index (κ1) is 21.8. The lowest BCUT2D eigenvalue weighted by Gasteiger charge is -2.09. The van der Waals surface area contributed by atoms with Crippen molar-refractivity contribution >= 4 is 23.2 Å². The van der Waals surface area contributed by atoms with Gasteiger partial charge in [-0.25, -0.2) is 0 Å². The zero-order valence-corrected chi connectivity index (χ0v) is 18.3. The number of rotatable bonds is 7. The molecule has 0 fully saturated rings. The molecule has 7 heteroatoms. The third-order valence-electron chi connectivity index (χ3n) is 4.97. The van der Waals surface area contributed by atoms with Gasteiger partial charge in [-0.2, -0.15) is 0 Å². The first-order valence-corrected chi connectivity index (χ1v) is 10.5. The van der Waals surface area contributed by atoms with Crippen LogP contribution in [0.1, 0.15) is 33.4 Å². The average molecular weight is 441 g/mol. The fraction of sp³-hybridized carbons (Fsp3) is 0.115. The summed E-state index contributed by atoms with van der Waals surface area (Å²) < 4.78 is 10.7. The number of amides is 2. The van der Waals surface area contributed by atoms with E-state index in [-0.39, 0.29) is 11.8 Å². The van der Waals surface area contributed by atoms with Gasteiger partial charge in [-0.1, -0.05) is 35.5 Å². The van der Waals surface area contributed by atoms with Crippen LogP contribution in [0.3, 0.4) is 0 Å². The Labute approximate surface area is 191 Å². The van der Waals surface area contributed by atoms with E-state index >= 15 is 0 Å². The lowest BCUT2D eigenvalue weighted by atomic mass is 10.1. The number of nitrogens with one attached hydrogen (secondary N) is 2. The first-order valence-electron chi connectivity index (χ1n) is 10.5. The Morgan fingerprint density at radius 1 is 0.848 bits per heavy atom. The number of anilines is 2. The first-order chi connectivity index (χ1) is 16.0. The molecule has 4 rings (SSSR count). The molecule has 7 nitrogen and oxygen atoms in total. The van der Waals surface area contributed by atoms with Gasteiger partial charge in [0.1, 0.15) is 22.8 Å². The number of aromatic nitrogens is 1. The summed E-state index contributed by atoms with van der Waals surface area (Å²) in [5.74, 6) is 0.587. The SMILES string of the molecule is CCOc1ccc(NC(=O)c2ccc(NC(=O)c3c(-c4ccccc4)noc3C)cc2)cc1. The largest absolute Gasteiger partial charge is 0.494 e. The molecule has 2 N–H and O–H groups in total. The molecule has 0 aliphatic carbocycles. The summed E-state index contributed by atoms with van der Waals surface area (Å²) in [6, 6.07) is 23.2. The van der Waals surface area contributed by atoms with E-state index in [9.17, 15) is 9.59 Å². The Kier molecular flexibility index (Phi) is 6.50. The number of ether oxygens (including phenoxy) is 1. The van der Waals surface area contributed by atoms with Gasteiger partial charge >= 0.3 is 0 Å². The molecule has 0 atom stereocenters. The van der Waals surface area contributed by atoms with Gasteiger partial charge in [0, 0.05) is 22.5 Å². The number of hydrogen-bond acceptors (Lipinski definition) is 5. The van der Waals surface area contributed by atoms with Crippen molar-refractivity contribution in [2.45, 2.75) is 13.8 Å². The molecule has 166 valence electrons. The van der Waals surface area contributed by atoms with E-state index in [1.807, 2.05) is 37.3 Å². The molecule has 0 spiro atoms. The van der Waals surface area contributed by atoms with Crippen LogP contribution in [-0.2, 0) is 0 Å². The quantitative estimate of drug-likeness (QED) is 0.392. The zero-order chi connectivity index (χ0) is 23.2. The summed E-state index contributed by atoms with van der Waals surface area (Å²) in [6.45, 7) is 4.19. The van der Waals surface area contributed by atoms with Crippen LogP contribution in [0.4, 0.5) is 11.4 Å². The van der Waals surface area contributed by atoms with E-state index in [1.54, 1.807) is 55.5 Å². The van der Waals surface area contributed by atoms with Crippen molar-refractivity contribution in [1.82, 2.24) is 5.16 Å². The highest BCUT2D eigenvalue weighted by molar-refractivity contribution is 6.09. The number of carbonyl (C=O) groups is 2. The van der Waals surface area contributed by atoms with Gasteiger partial charge in [0.2, 0.25) is 0 Å². The molecular weight excluding hydrogens is 418 g/mol. The predicted octanol–water partition coefficient (Wildman–Crippen LogP) is 5.55. The van der Waals surface area contributed by atoms with Gasteiger partial charge < -0.3 is 19.9 Å². The fourth-order valence-corrected chi connectivity index (χ4v) is 3.34. The van der Waals surface area contributed by atoms with Crippen LogP contribution in [0.25, 0.3) is 11.3 Å². The van der Waals surface area contributed by atoms with Crippen LogP contribution in [0.2, 0.25) is 0 Å². The molecule has 0 radical (unpaired) electrons. The molecule has 1 heterocycles. The second-order valence-electron chi connectivity index (χ2n) is 7.27. The Hall–Kier alpha value is -4.39. The molecule has 0 saturated heterocycles. The van der Waals surface area contributed by atoms with Gasteiger partial charge in [-0.15, -0.1) is 0 Å². The summed E-state index contributed by atoms with van der Waals surface area (Å²) in [6.07, 6.45) is 0. The molecule has 0 aliphatic heterocycles. The lowest BCUT2D eigenvalue weighted by Crippen LogP contribution is -2.14. The summed E-state index contributed by atoms with van der Waals surface area (Å²) in [5, 5.41) is 9.73. The number of hydrogen-bond donors (Lipinski definition) is 2. The second kappa shape index (κ2) is 9.82. The Balaban J connectivity index is 1.43. The number of nitrogens with zero attached hydrogens (tertiary/aromatic N) is 1. The molecule has 4 aromatic rings. The summed E-state index contributed by atoms with van der Waals surface area (Å²) >= 11 is 0. The smallest absolute Gasteiger partial charge is 0.261 e.